The van der Waals surface area contributed by atoms with Crippen molar-refractivity contribution in [2.24, 2.45) is 0 Å². The molecule has 150 valence electrons. The number of fused-ring (bicyclic) bond motifs is 1. The molecule has 0 spiro atoms. The van der Waals surface area contributed by atoms with Crippen molar-refractivity contribution in [1.29, 1.82) is 0 Å². The molecular formula is C18H23ClN6O3. The third-order valence-electron chi connectivity index (χ3n) is 5.39. The van der Waals surface area contributed by atoms with Crippen LogP contribution in [0.15, 0.2) is 24.3 Å². The lowest BCUT2D eigenvalue weighted by Gasteiger charge is -2.32. The predicted molar refractivity (Wildman–Crippen MR) is 104 cm³/mol. The number of hydrogen-bond acceptors (Lipinski definition) is 6. The van der Waals surface area contributed by atoms with E-state index in [0.717, 1.165) is 44.1 Å². The molecule has 0 atom stereocenters. The Labute approximate surface area is 168 Å². The summed E-state index contributed by atoms with van der Waals surface area (Å²) in [4.78, 5) is 25.1. The van der Waals surface area contributed by atoms with Crippen molar-refractivity contribution in [3.05, 3.63) is 51.6 Å². The van der Waals surface area contributed by atoms with E-state index in [1.165, 1.54) is 6.07 Å². The largest absolute Gasteiger partial charge is 0.342 e. The summed E-state index contributed by atoms with van der Waals surface area (Å²) in [6.07, 6.45) is 1.75. The lowest BCUT2D eigenvalue weighted by molar-refractivity contribution is -0.385. The predicted octanol–water partition coefficient (Wildman–Crippen LogP) is 1.66. The minimum absolute atomic E-state index is 0. The molecule has 1 saturated heterocycles. The molecule has 28 heavy (non-hydrogen) atoms. The highest BCUT2D eigenvalue weighted by Gasteiger charge is 2.29. The Morgan fingerprint density at radius 3 is 2.71 bits per heavy atom. The first-order valence-electron chi connectivity index (χ1n) is 9.26. The van der Waals surface area contributed by atoms with Crippen molar-refractivity contribution >= 4 is 24.0 Å². The van der Waals surface area contributed by atoms with Crippen LogP contribution >= 0.6 is 12.4 Å². The van der Waals surface area contributed by atoms with Crippen molar-refractivity contribution in [3.63, 3.8) is 0 Å². The third kappa shape index (κ3) is 4.00. The number of para-hydroxylation sites is 1. The van der Waals surface area contributed by atoms with Crippen LogP contribution in [0.3, 0.4) is 0 Å². The zero-order valence-corrected chi connectivity index (χ0v) is 16.2. The molecule has 10 heteroatoms. The van der Waals surface area contributed by atoms with Gasteiger partial charge in [0.25, 0.3) is 5.69 Å². The van der Waals surface area contributed by atoms with Crippen LogP contribution in [-0.2, 0) is 24.3 Å². The Kier molecular flexibility index (Phi) is 6.25. The smallest absolute Gasteiger partial charge is 0.273 e. The fourth-order valence-electron chi connectivity index (χ4n) is 3.92. The lowest BCUT2D eigenvalue weighted by atomic mass is 9.95. The SMILES string of the molecule is Cl.O=C(Cc1ccccc1[N+](=O)[O-])N1CCC(c2nnc3n2CCNC3)CC1. The maximum absolute atomic E-state index is 12.6. The van der Waals surface area contributed by atoms with Gasteiger partial charge in [-0.25, -0.2) is 0 Å². The van der Waals surface area contributed by atoms with Crippen LogP contribution in [0.2, 0.25) is 0 Å². The number of rotatable bonds is 4. The molecule has 9 nitrogen and oxygen atoms in total. The Balaban J connectivity index is 0.00000225. The van der Waals surface area contributed by atoms with Gasteiger partial charge in [0.1, 0.15) is 11.6 Å². The number of nitro benzene ring substituents is 1. The molecule has 1 fully saturated rings. The van der Waals surface area contributed by atoms with Gasteiger partial charge in [-0.15, -0.1) is 22.6 Å². The Bertz CT molecular complexity index is 863. The molecule has 1 amide bonds. The molecular weight excluding hydrogens is 384 g/mol. The van der Waals surface area contributed by atoms with Gasteiger partial charge in [-0.2, -0.15) is 0 Å². The number of carbonyl (C=O) groups excluding carboxylic acids is 1. The fraction of sp³-hybridized carbons (Fsp3) is 0.500. The number of halogens is 1. The highest BCUT2D eigenvalue weighted by Crippen LogP contribution is 2.28. The van der Waals surface area contributed by atoms with E-state index in [9.17, 15) is 14.9 Å². The second kappa shape index (κ2) is 8.66. The first-order chi connectivity index (χ1) is 13.1. The first kappa shape index (κ1) is 20.2. The summed E-state index contributed by atoms with van der Waals surface area (Å²) in [5, 5.41) is 23.1. The molecule has 0 unspecified atom stereocenters. The maximum atomic E-state index is 12.6. The molecule has 2 aromatic rings. The number of nitro groups is 1. The number of nitrogens with zero attached hydrogens (tertiary/aromatic N) is 5. The van der Waals surface area contributed by atoms with Crippen LogP contribution in [0.1, 0.15) is 36.0 Å². The molecule has 0 bridgehead atoms. The van der Waals surface area contributed by atoms with Gasteiger partial charge >= 0.3 is 0 Å². The van der Waals surface area contributed by atoms with Crippen LogP contribution in [0, 0.1) is 10.1 Å². The van der Waals surface area contributed by atoms with Crippen molar-refractivity contribution in [2.75, 3.05) is 19.6 Å². The first-order valence-corrected chi connectivity index (χ1v) is 9.26. The normalized spacial score (nSPS) is 16.9. The van der Waals surface area contributed by atoms with E-state index in [1.807, 2.05) is 4.90 Å². The lowest BCUT2D eigenvalue weighted by Crippen LogP contribution is -2.39. The number of carbonyl (C=O) groups is 1. The Morgan fingerprint density at radius 1 is 1.21 bits per heavy atom. The molecule has 1 aromatic heterocycles. The second-order valence-electron chi connectivity index (χ2n) is 7.02. The van der Waals surface area contributed by atoms with E-state index in [1.54, 1.807) is 18.2 Å². The van der Waals surface area contributed by atoms with E-state index in [0.29, 0.717) is 24.6 Å². The van der Waals surface area contributed by atoms with Gasteiger partial charge in [0.15, 0.2) is 0 Å². The van der Waals surface area contributed by atoms with Crippen LogP contribution in [0.4, 0.5) is 5.69 Å². The summed E-state index contributed by atoms with van der Waals surface area (Å²) in [6.45, 7) is 3.84. The zero-order chi connectivity index (χ0) is 18.8. The number of amides is 1. The number of piperidine rings is 1. The summed E-state index contributed by atoms with van der Waals surface area (Å²) in [6, 6.07) is 6.44. The maximum Gasteiger partial charge on any atom is 0.273 e. The monoisotopic (exact) mass is 406 g/mol. The van der Waals surface area contributed by atoms with Gasteiger partial charge in [-0.05, 0) is 12.8 Å². The standard InChI is InChI=1S/C18H22N6O3.ClH/c25-17(11-14-3-1-2-4-15(14)24(26)27)22-8-5-13(6-9-22)18-21-20-16-12-19-7-10-23(16)18;/h1-4,13,19H,5-12H2;1H. The molecule has 2 aliphatic heterocycles. The second-order valence-corrected chi connectivity index (χ2v) is 7.02. The van der Waals surface area contributed by atoms with Crippen LogP contribution in [-0.4, -0.2) is 50.1 Å². The average molecular weight is 407 g/mol. The number of aromatic nitrogens is 3. The van der Waals surface area contributed by atoms with Crippen molar-refractivity contribution in [3.8, 4) is 0 Å². The highest BCUT2D eigenvalue weighted by atomic mass is 35.5. The van der Waals surface area contributed by atoms with E-state index in [2.05, 4.69) is 20.1 Å². The molecule has 0 saturated carbocycles. The van der Waals surface area contributed by atoms with Crippen LogP contribution in [0.25, 0.3) is 0 Å². The number of nitrogens with one attached hydrogen (secondary N) is 1. The van der Waals surface area contributed by atoms with E-state index < -0.39 is 4.92 Å². The number of hydrogen-bond donors (Lipinski definition) is 1. The summed E-state index contributed by atoms with van der Waals surface area (Å²) in [7, 11) is 0. The molecule has 1 aromatic carbocycles. The van der Waals surface area contributed by atoms with E-state index in [-0.39, 0.29) is 30.4 Å². The molecule has 4 rings (SSSR count). The van der Waals surface area contributed by atoms with Gasteiger partial charge in [0.2, 0.25) is 5.91 Å². The van der Waals surface area contributed by atoms with Crippen LogP contribution in [0.5, 0.6) is 0 Å². The molecule has 1 N–H and O–H groups in total. The minimum atomic E-state index is -0.432. The third-order valence-corrected chi connectivity index (χ3v) is 5.39. The van der Waals surface area contributed by atoms with Gasteiger partial charge in [-0.1, -0.05) is 18.2 Å². The topological polar surface area (TPSA) is 106 Å². The van der Waals surface area contributed by atoms with Gasteiger partial charge in [0.05, 0.1) is 17.9 Å². The highest BCUT2D eigenvalue weighted by molar-refractivity contribution is 5.85. The summed E-state index contributed by atoms with van der Waals surface area (Å²) in [5.74, 6) is 2.25. The van der Waals surface area contributed by atoms with Gasteiger partial charge < -0.3 is 14.8 Å². The van der Waals surface area contributed by atoms with Crippen LogP contribution < -0.4 is 5.32 Å². The quantitative estimate of drug-likeness (QED) is 0.611. The molecule has 3 heterocycles. The number of likely N-dealkylation sites (tertiary alicyclic amines) is 1. The fourth-order valence-corrected chi connectivity index (χ4v) is 3.92. The van der Waals surface area contributed by atoms with Crippen molar-refractivity contribution < 1.29 is 9.72 Å². The Hall–Kier alpha value is -2.52. The van der Waals surface area contributed by atoms with E-state index >= 15 is 0 Å². The molecule has 0 radical (unpaired) electrons. The van der Waals surface area contributed by atoms with E-state index in [4.69, 9.17) is 0 Å². The summed E-state index contributed by atoms with van der Waals surface area (Å²) < 4.78 is 2.20. The molecule has 2 aliphatic rings. The summed E-state index contributed by atoms with van der Waals surface area (Å²) >= 11 is 0. The van der Waals surface area contributed by atoms with Crippen molar-refractivity contribution in [2.45, 2.75) is 38.3 Å². The van der Waals surface area contributed by atoms with Gasteiger partial charge in [0, 0.05) is 43.7 Å². The summed E-state index contributed by atoms with van der Waals surface area (Å²) in [5.41, 5.74) is 0.470. The average Bonchev–Trinajstić information content (AvgIpc) is 3.12. The van der Waals surface area contributed by atoms with Crippen molar-refractivity contribution in [1.82, 2.24) is 25.0 Å². The zero-order valence-electron chi connectivity index (χ0n) is 15.4. The number of benzene rings is 1. The Morgan fingerprint density at radius 2 is 1.96 bits per heavy atom. The molecule has 0 aliphatic carbocycles. The van der Waals surface area contributed by atoms with Gasteiger partial charge in [-0.3, -0.25) is 14.9 Å². The minimum Gasteiger partial charge on any atom is -0.342 e.